The van der Waals surface area contributed by atoms with Crippen LogP contribution in [0.5, 0.6) is 5.75 Å². The summed E-state index contributed by atoms with van der Waals surface area (Å²) < 4.78 is 20.8. The van der Waals surface area contributed by atoms with E-state index >= 15 is 0 Å². The predicted molar refractivity (Wildman–Crippen MR) is 94.4 cm³/mol. The van der Waals surface area contributed by atoms with Gasteiger partial charge in [0, 0.05) is 30.6 Å². The van der Waals surface area contributed by atoms with Crippen molar-refractivity contribution >= 4 is 12.0 Å². The van der Waals surface area contributed by atoms with Crippen molar-refractivity contribution in [2.75, 3.05) is 7.11 Å². The number of methoxy groups -OCH3 is 1. The van der Waals surface area contributed by atoms with E-state index in [1.165, 1.54) is 23.5 Å². The third kappa shape index (κ3) is 2.78. The number of rotatable bonds is 4. The topological polar surface area (TPSA) is 83.9 Å². The van der Waals surface area contributed by atoms with E-state index in [4.69, 9.17) is 10.6 Å². The molecule has 0 amide bonds. The number of benzene rings is 1. The van der Waals surface area contributed by atoms with Crippen LogP contribution in [-0.2, 0) is 13.6 Å². The van der Waals surface area contributed by atoms with Crippen LogP contribution in [0.25, 0.3) is 5.70 Å². The maximum atomic E-state index is 13.7. The van der Waals surface area contributed by atoms with Crippen molar-refractivity contribution in [2.45, 2.75) is 6.54 Å². The lowest BCUT2D eigenvalue weighted by Gasteiger charge is -2.25. The zero-order valence-electron chi connectivity index (χ0n) is 14.3. The molecule has 26 heavy (non-hydrogen) atoms. The predicted octanol–water partition coefficient (Wildman–Crippen LogP) is 1.32. The molecule has 2 aliphatic rings. The summed E-state index contributed by atoms with van der Waals surface area (Å²) in [7, 11) is 3.41. The molecule has 0 radical (unpaired) electrons. The van der Waals surface area contributed by atoms with E-state index in [9.17, 15) is 4.39 Å². The van der Waals surface area contributed by atoms with Crippen LogP contribution < -0.4 is 16.0 Å². The van der Waals surface area contributed by atoms with Crippen molar-refractivity contribution < 1.29 is 9.13 Å². The van der Waals surface area contributed by atoms with Gasteiger partial charge in [-0.1, -0.05) is 0 Å². The standard InChI is InChI=1S/C17H18FN7O/c1-23-7-12(6-21-23)16-17-14(9-24(19)10-20-17)25(22-16)8-11-5-13(18)3-4-15(11)26-2/h3-7,9-10,22H,8,19H2,1-2H3. The summed E-state index contributed by atoms with van der Waals surface area (Å²) in [6.45, 7) is 0.364. The molecule has 0 unspecified atom stereocenters. The van der Waals surface area contributed by atoms with Crippen LogP contribution in [0.3, 0.4) is 0 Å². The van der Waals surface area contributed by atoms with Gasteiger partial charge in [0.25, 0.3) is 0 Å². The number of halogens is 1. The van der Waals surface area contributed by atoms with Gasteiger partial charge in [0.05, 0.1) is 25.5 Å². The van der Waals surface area contributed by atoms with Gasteiger partial charge in [-0.25, -0.2) is 15.2 Å². The number of fused-ring (bicyclic) bond motifs is 1. The summed E-state index contributed by atoms with van der Waals surface area (Å²) in [5, 5.41) is 7.44. The average Bonchev–Trinajstić information content (AvgIpc) is 3.19. The van der Waals surface area contributed by atoms with Crippen LogP contribution in [0, 0.1) is 5.82 Å². The highest BCUT2D eigenvalue weighted by atomic mass is 19.1. The van der Waals surface area contributed by atoms with Crippen LogP contribution in [0.2, 0.25) is 0 Å². The zero-order chi connectivity index (χ0) is 18.3. The van der Waals surface area contributed by atoms with Crippen molar-refractivity contribution in [1.82, 2.24) is 25.2 Å². The summed E-state index contributed by atoms with van der Waals surface area (Å²) in [5.41, 5.74) is 7.25. The van der Waals surface area contributed by atoms with Gasteiger partial charge in [0.1, 0.15) is 29.3 Å². The zero-order valence-corrected chi connectivity index (χ0v) is 14.3. The minimum absolute atomic E-state index is 0.322. The summed E-state index contributed by atoms with van der Waals surface area (Å²) in [6.07, 6.45) is 6.93. The molecule has 8 nitrogen and oxygen atoms in total. The molecule has 0 aliphatic carbocycles. The summed E-state index contributed by atoms with van der Waals surface area (Å²) in [5.74, 6) is 6.13. The van der Waals surface area contributed by atoms with Crippen LogP contribution in [0.4, 0.5) is 4.39 Å². The van der Waals surface area contributed by atoms with E-state index in [0.29, 0.717) is 17.9 Å². The Hall–Kier alpha value is -3.33. The maximum absolute atomic E-state index is 13.7. The van der Waals surface area contributed by atoms with Crippen molar-refractivity contribution in [2.24, 2.45) is 17.9 Å². The molecular weight excluding hydrogens is 337 g/mol. The first-order chi connectivity index (χ1) is 12.5. The van der Waals surface area contributed by atoms with Gasteiger partial charge >= 0.3 is 0 Å². The van der Waals surface area contributed by atoms with E-state index < -0.39 is 0 Å². The van der Waals surface area contributed by atoms with Crippen LogP contribution >= 0.6 is 0 Å². The number of nitrogens with one attached hydrogen (secondary N) is 1. The molecule has 2 aromatic rings. The lowest BCUT2D eigenvalue weighted by Crippen LogP contribution is -2.33. The SMILES string of the molecule is COc1ccc(F)cc1CN1NC(c2cnn(C)c2)=C2N=CN(N)C=C21. The molecule has 0 atom stereocenters. The number of aromatic nitrogens is 2. The molecule has 0 spiro atoms. The average molecular weight is 355 g/mol. The Morgan fingerprint density at radius 2 is 2.19 bits per heavy atom. The number of nitrogens with zero attached hydrogens (tertiary/aromatic N) is 5. The molecule has 0 fully saturated rings. The molecule has 3 heterocycles. The highest BCUT2D eigenvalue weighted by Crippen LogP contribution is 2.34. The Morgan fingerprint density at radius 1 is 1.35 bits per heavy atom. The number of nitrogens with two attached hydrogens (primary N) is 1. The molecule has 134 valence electrons. The van der Waals surface area contributed by atoms with Crippen LogP contribution in [0.1, 0.15) is 11.1 Å². The molecule has 1 aromatic carbocycles. The molecule has 0 saturated carbocycles. The van der Waals surface area contributed by atoms with E-state index in [2.05, 4.69) is 15.5 Å². The van der Waals surface area contributed by atoms with Crippen molar-refractivity contribution in [1.29, 1.82) is 0 Å². The molecule has 9 heteroatoms. The van der Waals surface area contributed by atoms with E-state index in [1.54, 1.807) is 30.3 Å². The van der Waals surface area contributed by atoms with Gasteiger partial charge in [0.15, 0.2) is 0 Å². The maximum Gasteiger partial charge on any atom is 0.124 e. The fourth-order valence-electron chi connectivity index (χ4n) is 2.98. The largest absolute Gasteiger partial charge is 0.496 e. The quantitative estimate of drug-likeness (QED) is 0.805. The fraction of sp³-hybridized carbons (Fsp3) is 0.176. The van der Waals surface area contributed by atoms with Gasteiger partial charge in [-0.3, -0.25) is 20.1 Å². The fourth-order valence-corrected chi connectivity index (χ4v) is 2.98. The molecule has 1 aromatic heterocycles. The number of hydrogen-bond donors (Lipinski definition) is 2. The third-order valence-corrected chi connectivity index (χ3v) is 4.17. The summed E-state index contributed by atoms with van der Waals surface area (Å²) in [6, 6.07) is 4.44. The Bertz CT molecular complexity index is 946. The first kappa shape index (κ1) is 16.2. The van der Waals surface area contributed by atoms with E-state index in [0.717, 1.165) is 22.7 Å². The van der Waals surface area contributed by atoms with Gasteiger partial charge in [0.2, 0.25) is 0 Å². The highest BCUT2D eigenvalue weighted by molar-refractivity contribution is 5.77. The molecule has 3 N–H and O–H groups in total. The normalized spacial score (nSPS) is 15.9. The lowest BCUT2D eigenvalue weighted by atomic mass is 10.1. The minimum atomic E-state index is -0.322. The molecule has 2 aliphatic heterocycles. The Kier molecular flexibility index (Phi) is 3.85. The van der Waals surface area contributed by atoms with E-state index in [1.807, 2.05) is 18.3 Å². The van der Waals surface area contributed by atoms with Gasteiger partial charge in [-0.2, -0.15) is 5.10 Å². The van der Waals surface area contributed by atoms with Crippen molar-refractivity contribution in [3.8, 4) is 5.75 Å². The van der Waals surface area contributed by atoms with Gasteiger partial charge in [-0.05, 0) is 18.2 Å². The van der Waals surface area contributed by atoms with Crippen LogP contribution in [0.15, 0.2) is 53.2 Å². The molecule has 0 bridgehead atoms. The minimum Gasteiger partial charge on any atom is -0.496 e. The van der Waals surface area contributed by atoms with Gasteiger partial charge in [-0.15, -0.1) is 0 Å². The second kappa shape index (κ2) is 6.19. The lowest BCUT2D eigenvalue weighted by molar-refractivity contribution is 0.295. The number of hydrogen-bond acceptors (Lipinski definition) is 7. The second-order valence-corrected chi connectivity index (χ2v) is 5.99. The second-order valence-electron chi connectivity index (χ2n) is 5.99. The van der Waals surface area contributed by atoms with Crippen LogP contribution in [-0.4, -0.2) is 33.2 Å². The van der Waals surface area contributed by atoms with Gasteiger partial charge < -0.3 is 4.74 Å². The summed E-state index contributed by atoms with van der Waals surface area (Å²) >= 11 is 0. The van der Waals surface area contributed by atoms with Crippen molar-refractivity contribution in [3.05, 3.63) is 65.1 Å². The smallest absolute Gasteiger partial charge is 0.124 e. The Morgan fingerprint density at radius 3 is 2.92 bits per heavy atom. The molecule has 4 rings (SSSR count). The van der Waals surface area contributed by atoms with Crippen molar-refractivity contribution in [3.63, 3.8) is 0 Å². The number of aryl methyl sites for hydroxylation is 1. The number of hydrazine groups is 2. The van der Waals surface area contributed by atoms with E-state index in [-0.39, 0.29) is 5.82 Å². The Labute approximate surface area is 149 Å². The Balaban J connectivity index is 1.70. The highest BCUT2D eigenvalue weighted by Gasteiger charge is 2.31. The molecular formula is C17H18FN7O. The molecule has 0 saturated heterocycles. The number of aliphatic imine (C=N–C) groups is 1. The first-order valence-electron chi connectivity index (χ1n) is 7.94. The first-order valence-corrected chi connectivity index (χ1v) is 7.94. The number of ether oxygens (including phenoxy) is 1. The summed E-state index contributed by atoms with van der Waals surface area (Å²) in [4.78, 5) is 4.43. The monoisotopic (exact) mass is 355 g/mol. The third-order valence-electron chi connectivity index (χ3n) is 4.17.